The molecule has 1 amide bonds. The van der Waals surface area contributed by atoms with Crippen molar-refractivity contribution < 1.29 is 17.9 Å². The maximum atomic E-state index is 12.9. The van der Waals surface area contributed by atoms with E-state index < -0.39 is 10.0 Å². The fourth-order valence-corrected chi connectivity index (χ4v) is 5.96. The summed E-state index contributed by atoms with van der Waals surface area (Å²) in [5.41, 5.74) is 1.30. The summed E-state index contributed by atoms with van der Waals surface area (Å²) in [6.45, 7) is 1.64. The van der Waals surface area contributed by atoms with Crippen LogP contribution >= 0.6 is 35.0 Å². The van der Waals surface area contributed by atoms with Crippen LogP contribution in [0.25, 0.3) is 0 Å². The fraction of sp³-hybridized carbons (Fsp3) is 0.350. The van der Waals surface area contributed by atoms with E-state index in [2.05, 4.69) is 5.32 Å². The number of halogens is 2. The minimum Gasteiger partial charge on any atom is -0.379 e. The molecule has 6 nitrogen and oxygen atoms in total. The summed E-state index contributed by atoms with van der Waals surface area (Å²) in [4.78, 5) is 12.4. The molecule has 10 heteroatoms. The van der Waals surface area contributed by atoms with Gasteiger partial charge in [-0.1, -0.05) is 41.4 Å². The molecule has 0 bridgehead atoms. The predicted molar refractivity (Wildman–Crippen MR) is 121 cm³/mol. The highest BCUT2D eigenvalue weighted by atomic mass is 35.5. The van der Waals surface area contributed by atoms with E-state index in [0.29, 0.717) is 25.5 Å². The zero-order chi connectivity index (χ0) is 21.6. The first-order chi connectivity index (χ1) is 14.4. The quantitative estimate of drug-likeness (QED) is 0.573. The minimum absolute atomic E-state index is 0.0631. The Morgan fingerprint density at radius 2 is 1.83 bits per heavy atom. The maximum absolute atomic E-state index is 12.9. The lowest BCUT2D eigenvalue weighted by Crippen LogP contribution is -2.40. The molecule has 2 aromatic carbocycles. The topological polar surface area (TPSA) is 75.7 Å². The monoisotopic (exact) mass is 488 g/mol. The first-order valence-corrected chi connectivity index (χ1v) is 12.7. The number of morpholine rings is 1. The van der Waals surface area contributed by atoms with E-state index in [0.717, 1.165) is 16.3 Å². The predicted octanol–water partition coefficient (Wildman–Crippen LogP) is 3.68. The van der Waals surface area contributed by atoms with Gasteiger partial charge in [0, 0.05) is 41.7 Å². The lowest BCUT2D eigenvalue weighted by molar-refractivity contribution is 0.0730. The van der Waals surface area contributed by atoms with Gasteiger partial charge in [0.15, 0.2) is 0 Å². The molecule has 1 heterocycles. The number of nitrogens with zero attached hydrogens (tertiary/aromatic N) is 1. The molecule has 30 heavy (non-hydrogen) atoms. The number of sulfonamides is 1. The van der Waals surface area contributed by atoms with Crippen LogP contribution in [0.1, 0.15) is 15.9 Å². The molecule has 0 aliphatic carbocycles. The van der Waals surface area contributed by atoms with E-state index in [1.165, 1.54) is 22.5 Å². The lowest BCUT2D eigenvalue weighted by Gasteiger charge is -2.26. The van der Waals surface area contributed by atoms with Gasteiger partial charge in [0.2, 0.25) is 10.0 Å². The van der Waals surface area contributed by atoms with Crippen molar-refractivity contribution in [2.75, 3.05) is 38.6 Å². The molecule has 0 unspecified atom stereocenters. The number of carbonyl (C=O) groups is 1. The van der Waals surface area contributed by atoms with E-state index in [4.69, 9.17) is 27.9 Å². The summed E-state index contributed by atoms with van der Waals surface area (Å²) in [7, 11) is -3.79. The summed E-state index contributed by atoms with van der Waals surface area (Å²) in [5.74, 6) is 1.10. The number of carbonyl (C=O) groups excluding carboxylic acids is 1. The Balaban J connectivity index is 1.57. The zero-order valence-corrected chi connectivity index (χ0v) is 19.3. The number of hydrogen-bond donors (Lipinski definition) is 1. The van der Waals surface area contributed by atoms with Crippen molar-refractivity contribution in [3.05, 3.63) is 63.6 Å². The summed E-state index contributed by atoms with van der Waals surface area (Å²) in [6.07, 6.45) is 0. The highest BCUT2D eigenvalue weighted by molar-refractivity contribution is 7.98. The normalized spacial score (nSPS) is 15.1. The lowest BCUT2D eigenvalue weighted by atomic mass is 10.2. The van der Waals surface area contributed by atoms with Crippen LogP contribution in [0.5, 0.6) is 0 Å². The standard InChI is InChI=1S/C20H22Cl2N2O4S2/c21-17-4-2-1-3-16(17)14-29-12-7-23-20(25)15-5-6-18(22)19(13-15)30(26,27)24-8-10-28-11-9-24/h1-6,13H,7-12,14H2,(H,23,25). The number of benzene rings is 2. The molecular weight excluding hydrogens is 467 g/mol. The number of nitrogens with one attached hydrogen (secondary N) is 1. The van der Waals surface area contributed by atoms with E-state index in [-0.39, 0.29) is 34.5 Å². The first kappa shape index (κ1) is 23.4. The van der Waals surface area contributed by atoms with Crippen molar-refractivity contribution in [2.24, 2.45) is 0 Å². The number of thioether (sulfide) groups is 1. The van der Waals surface area contributed by atoms with E-state index in [9.17, 15) is 13.2 Å². The molecule has 0 saturated carbocycles. The van der Waals surface area contributed by atoms with Crippen LogP contribution in [-0.2, 0) is 20.5 Å². The smallest absolute Gasteiger partial charge is 0.251 e. The van der Waals surface area contributed by atoms with Gasteiger partial charge in [-0.3, -0.25) is 4.79 Å². The van der Waals surface area contributed by atoms with Gasteiger partial charge in [0.25, 0.3) is 5.91 Å². The Morgan fingerprint density at radius 1 is 1.10 bits per heavy atom. The number of amides is 1. The average molecular weight is 489 g/mol. The molecule has 1 N–H and O–H groups in total. The highest BCUT2D eigenvalue weighted by Crippen LogP contribution is 2.26. The Kier molecular flexibility index (Phi) is 8.44. The van der Waals surface area contributed by atoms with E-state index in [1.54, 1.807) is 11.8 Å². The van der Waals surface area contributed by atoms with Crippen molar-refractivity contribution >= 4 is 50.9 Å². The van der Waals surface area contributed by atoms with Crippen LogP contribution in [0.3, 0.4) is 0 Å². The van der Waals surface area contributed by atoms with Crippen LogP contribution in [0.4, 0.5) is 0 Å². The van der Waals surface area contributed by atoms with Crippen LogP contribution in [0, 0.1) is 0 Å². The molecule has 2 aromatic rings. The van der Waals surface area contributed by atoms with Crippen molar-refractivity contribution in [1.82, 2.24) is 9.62 Å². The molecular formula is C20H22Cl2N2O4S2. The molecule has 0 aromatic heterocycles. The third-order valence-corrected chi connectivity index (χ3v) is 8.29. The van der Waals surface area contributed by atoms with Gasteiger partial charge < -0.3 is 10.1 Å². The summed E-state index contributed by atoms with van der Waals surface area (Å²) in [5, 5.41) is 3.63. The third-order valence-electron chi connectivity index (χ3n) is 4.53. The van der Waals surface area contributed by atoms with Crippen molar-refractivity contribution in [3.63, 3.8) is 0 Å². The van der Waals surface area contributed by atoms with Gasteiger partial charge in [-0.2, -0.15) is 16.1 Å². The molecule has 0 radical (unpaired) electrons. The van der Waals surface area contributed by atoms with Gasteiger partial charge in [0.05, 0.1) is 18.2 Å². The Hall–Kier alpha value is -1.29. The second kappa shape index (κ2) is 10.8. The molecule has 0 atom stereocenters. The van der Waals surface area contributed by atoms with Gasteiger partial charge in [0.1, 0.15) is 4.90 Å². The molecule has 3 rings (SSSR count). The summed E-state index contributed by atoms with van der Waals surface area (Å²) < 4.78 is 32.3. The van der Waals surface area contributed by atoms with Gasteiger partial charge >= 0.3 is 0 Å². The van der Waals surface area contributed by atoms with Gasteiger partial charge in [-0.15, -0.1) is 0 Å². The molecule has 1 aliphatic rings. The van der Waals surface area contributed by atoms with Crippen LogP contribution in [0.15, 0.2) is 47.4 Å². The van der Waals surface area contributed by atoms with E-state index >= 15 is 0 Å². The van der Waals surface area contributed by atoms with Crippen molar-refractivity contribution in [2.45, 2.75) is 10.6 Å². The number of ether oxygens (including phenoxy) is 1. The molecule has 0 spiro atoms. The molecule has 1 saturated heterocycles. The first-order valence-electron chi connectivity index (χ1n) is 9.36. The number of rotatable bonds is 8. The maximum Gasteiger partial charge on any atom is 0.251 e. The Morgan fingerprint density at radius 3 is 2.57 bits per heavy atom. The van der Waals surface area contributed by atoms with Gasteiger partial charge in [-0.25, -0.2) is 8.42 Å². The van der Waals surface area contributed by atoms with Crippen LogP contribution in [-0.4, -0.2) is 57.2 Å². The highest BCUT2D eigenvalue weighted by Gasteiger charge is 2.29. The van der Waals surface area contributed by atoms with Crippen molar-refractivity contribution in [1.29, 1.82) is 0 Å². The second-order valence-electron chi connectivity index (χ2n) is 6.56. The number of hydrogen-bond acceptors (Lipinski definition) is 5. The van der Waals surface area contributed by atoms with Gasteiger partial charge in [-0.05, 0) is 29.8 Å². The summed E-state index contributed by atoms with van der Waals surface area (Å²) >= 11 is 13.9. The van der Waals surface area contributed by atoms with Crippen molar-refractivity contribution in [3.8, 4) is 0 Å². The largest absolute Gasteiger partial charge is 0.379 e. The Bertz CT molecular complexity index is 996. The fourth-order valence-electron chi connectivity index (χ4n) is 2.90. The van der Waals surface area contributed by atoms with Crippen LogP contribution < -0.4 is 5.32 Å². The second-order valence-corrected chi connectivity index (χ2v) is 10.4. The third kappa shape index (κ3) is 5.90. The summed E-state index contributed by atoms with van der Waals surface area (Å²) in [6, 6.07) is 11.9. The van der Waals surface area contributed by atoms with E-state index in [1.807, 2.05) is 24.3 Å². The SMILES string of the molecule is O=C(NCCSCc1ccccc1Cl)c1ccc(Cl)c(S(=O)(=O)N2CCOCC2)c1. The van der Waals surface area contributed by atoms with Crippen LogP contribution in [0.2, 0.25) is 10.0 Å². The molecule has 1 fully saturated rings. The molecule has 1 aliphatic heterocycles. The minimum atomic E-state index is -3.79. The molecule has 162 valence electrons. The average Bonchev–Trinajstić information content (AvgIpc) is 2.75. The Labute approximate surface area is 190 Å². The zero-order valence-electron chi connectivity index (χ0n) is 16.1.